The zero-order valence-corrected chi connectivity index (χ0v) is 13.8. The van der Waals surface area contributed by atoms with Crippen LogP contribution in [-0.4, -0.2) is 29.9 Å². The van der Waals surface area contributed by atoms with E-state index in [1.807, 2.05) is 4.90 Å². The molecule has 1 aromatic heterocycles. The van der Waals surface area contributed by atoms with Gasteiger partial charge in [0.15, 0.2) is 0 Å². The lowest BCUT2D eigenvalue weighted by Crippen LogP contribution is -2.49. The summed E-state index contributed by atoms with van der Waals surface area (Å²) in [6.45, 7) is 3.71. The molecule has 2 atom stereocenters. The molecule has 1 aliphatic heterocycles. The maximum atomic E-state index is 12.9. The number of carbonyl (C=O) groups is 1. The Kier molecular flexibility index (Phi) is 4.65. The minimum Gasteiger partial charge on any atom is -0.334 e. The zero-order valence-electron chi connectivity index (χ0n) is 12.9. The van der Waals surface area contributed by atoms with E-state index in [4.69, 9.17) is 5.73 Å². The number of carbonyl (C=O) groups excluding carboxylic acids is 1. The largest absolute Gasteiger partial charge is 0.334 e. The number of fused-ring (bicyclic) bond motifs is 1. The summed E-state index contributed by atoms with van der Waals surface area (Å²) in [6.07, 6.45) is 8.32. The second kappa shape index (κ2) is 6.49. The van der Waals surface area contributed by atoms with Crippen LogP contribution >= 0.6 is 11.3 Å². The molecule has 3 nitrogen and oxygen atoms in total. The third-order valence-corrected chi connectivity index (χ3v) is 6.19. The molecule has 2 N–H and O–H groups in total. The van der Waals surface area contributed by atoms with Gasteiger partial charge in [-0.2, -0.15) is 0 Å². The van der Waals surface area contributed by atoms with E-state index < -0.39 is 0 Å². The molecule has 0 spiro atoms. The van der Waals surface area contributed by atoms with Gasteiger partial charge in [-0.1, -0.05) is 13.3 Å². The average Bonchev–Trinajstić information content (AvgIpc) is 2.77. The monoisotopic (exact) mass is 306 g/mol. The van der Waals surface area contributed by atoms with Gasteiger partial charge < -0.3 is 10.6 Å². The second-order valence-corrected chi connectivity index (χ2v) is 7.77. The van der Waals surface area contributed by atoms with Crippen LogP contribution in [0.2, 0.25) is 0 Å². The van der Waals surface area contributed by atoms with Gasteiger partial charge in [-0.25, -0.2) is 0 Å². The van der Waals surface area contributed by atoms with Crippen molar-refractivity contribution >= 4 is 17.2 Å². The van der Waals surface area contributed by atoms with Crippen molar-refractivity contribution in [3.05, 3.63) is 21.4 Å². The van der Waals surface area contributed by atoms with E-state index in [0.29, 0.717) is 12.5 Å². The molecule has 0 saturated carbocycles. The number of piperidine rings is 1. The normalized spacial score (nSPS) is 26.3. The van der Waals surface area contributed by atoms with Crippen LogP contribution in [-0.2, 0) is 12.8 Å². The van der Waals surface area contributed by atoms with E-state index in [1.54, 1.807) is 11.3 Å². The van der Waals surface area contributed by atoms with Crippen LogP contribution in [0.25, 0.3) is 0 Å². The standard InChI is InChI=1S/C17H26N2OS/c1-12-7-8-19(14(9-12)11-18)17(20)16-10-13-5-3-2-4-6-15(13)21-16/h10,12,14H,2-9,11,18H2,1H3. The highest BCUT2D eigenvalue weighted by Gasteiger charge is 2.30. The van der Waals surface area contributed by atoms with Gasteiger partial charge in [0.1, 0.15) is 0 Å². The van der Waals surface area contributed by atoms with Crippen LogP contribution in [0.3, 0.4) is 0 Å². The third-order valence-electron chi connectivity index (χ3n) is 4.97. The maximum absolute atomic E-state index is 12.9. The highest BCUT2D eigenvalue weighted by Crippen LogP contribution is 2.31. The van der Waals surface area contributed by atoms with Gasteiger partial charge in [0.2, 0.25) is 0 Å². The smallest absolute Gasteiger partial charge is 0.264 e. The van der Waals surface area contributed by atoms with E-state index in [2.05, 4.69) is 13.0 Å². The number of hydrogen-bond acceptors (Lipinski definition) is 3. The Balaban J connectivity index is 1.78. The first-order valence-corrected chi connectivity index (χ1v) is 9.13. The molecular formula is C17H26N2OS. The molecule has 2 aliphatic rings. The van der Waals surface area contributed by atoms with Crippen LogP contribution in [0.5, 0.6) is 0 Å². The zero-order chi connectivity index (χ0) is 14.8. The van der Waals surface area contributed by atoms with E-state index in [0.717, 1.165) is 37.1 Å². The van der Waals surface area contributed by atoms with Gasteiger partial charge in [-0.15, -0.1) is 11.3 Å². The second-order valence-electron chi connectivity index (χ2n) is 6.64. The summed E-state index contributed by atoms with van der Waals surface area (Å²) in [6, 6.07) is 2.39. The quantitative estimate of drug-likeness (QED) is 0.853. The molecule has 3 rings (SSSR count). The van der Waals surface area contributed by atoms with Gasteiger partial charge in [0.05, 0.1) is 4.88 Å². The first-order chi connectivity index (χ1) is 10.2. The molecule has 0 bridgehead atoms. The Hall–Kier alpha value is -0.870. The van der Waals surface area contributed by atoms with Crippen molar-refractivity contribution in [2.75, 3.05) is 13.1 Å². The molecule has 116 valence electrons. The summed E-state index contributed by atoms with van der Waals surface area (Å²) < 4.78 is 0. The van der Waals surface area contributed by atoms with Gasteiger partial charge in [0.25, 0.3) is 5.91 Å². The molecule has 1 fully saturated rings. The number of amides is 1. The lowest BCUT2D eigenvalue weighted by atomic mass is 9.92. The van der Waals surface area contributed by atoms with Gasteiger partial charge in [-0.3, -0.25) is 4.79 Å². The van der Waals surface area contributed by atoms with Gasteiger partial charge in [-0.05, 0) is 56.1 Å². The van der Waals surface area contributed by atoms with Crippen molar-refractivity contribution < 1.29 is 4.79 Å². The Bertz CT molecular complexity index is 487. The first-order valence-electron chi connectivity index (χ1n) is 8.31. The minimum atomic E-state index is 0.218. The summed E-state index contributed by atoms with van der Waals surface area (Å²) in [7, 11) is 0. The number of nitrogens with zero attached hydrogens (tertiary/aromatic N) is 1. The molecule has 1 aliphatic carbocycles. The summed E-state index contributed by atoms with van der Waals surface area (Å²) in [5, 5.41) is 0. The molecule has 1 saturated heterocycles. The number of likely N-dealkylation sites (tertiary alicyclic amines) is 1. The Morgan fingerprint density at radius 1 is 1.38 bits per heavy atom. The molecule has 0 radical (unpaired) electrons. The van der Waals surface area contributed by atoms with Crippen LogP contribution in [0, 0.1) is 5.92 Å². The third kappa shape index (κ3) is 3.16. The molecule has 2 unspecified atom stereocenters. The summed E-state index contributed by atoms with van der Waals surface area (Å²) in [4.78, 5) is 17.3. The van der Waals surface area contributed by atoms with Crippen molar-refractivity contribution in [2.45, 2.75) is 57.9 Å². The Morgan fingerprint density at radius 3 is 3.00 bits per heavy atom. The van der Waals surface area contributed by atoms with Crippen LogP contribution in [0.15, 0.2) is 6.07 Å². The summed E-state index contributed by atoms with van der Waals surface area (Å²) in [5.74, 6) is 0.901. The van der Waals surface area contributed by atoms with Crippen LogP contribution < -0.4 is 5.73 Å². The SMILES string of the molecule is CC1CCN(C(=O)c2cc3c(s2)CCCCC3)C(CN)C1. The molecule has 2 heterocycles. The summed E-state index contributed by atoms with van der Waals surface area (Å²) in [5.41, 5.74) is 7.33. The van der Waals surface area contributed by atoms with Crippen molar-refractivity contribution in [1.29, 1.82) is 0 Å². The van der Waals surface area contributed by atoms with Crippen molar-refractivity contribution in [2.24, 2.45) is 11.7 Å². The minimum absolute atomic E-state index is 0.218. The Labute approximate surface area is 131 Å². The van der Waals surface area contributed by atoms with Crippen LogP contribution in [0.1, 0.15) is 59.1 Å². The molecule has 21 heavy (non-hydrogen) atoms. The molecular weight excluding hydrogens is 280 g/mol. The molecule has 0 aromatic carbocycles. The first kappa shape index (κ1) is 15.0. The fraction of sp³-hybridized carbons (Fsp3) is 0.706. The van der Waals surface area contributed by atoms with Crippen molar-refractivity contribution in [3.8, 4) is 0 Å². The van der Waals surface area contributed by atoms with E-state index in [-0.39, 0.29) is 11.9 Å². The van der Waals surface area contributed by atoms with E-state index in [9.17, 15) is 4.79 Å². The Morgan fingerprint density at radius 2 is 2.19 bits per heavy atom. The highest BCUT2D eigenvalue weighted by atomic mass is 32.1. The van der Waals surface area contributed by atoms with Gasteiger partial charge >= 0.3 is 0 Å². The van der Waals surface area contributed by atoms with Crippen molar-refractivity contribution in [3.63, 3.8) is 0 Å². The number of nitrogens with two attached hydrogens (primary N) is 1. The predicted molar refractivity (Wildman–Crippen MR) is 87.9 cm³/mol. The predicted octanol–water partition coefficient (Wildman–Crippen LogP) is 3.22. The number of rotatable bonds is 2. The molecule has 1 aromatic rings. The number of thiophene rings is 1. The number of hydrogen-bond donors (Lipinski definition) is 1. The topological polar surface area (TPSA) is 46.3 Å². The fourth-order valence-corrected chi connectivity index (χ4v) is 4.87. The maximum Gasteiger partial charge on any atom is 0.264 e. The number of aryl methyl sites for hydroxylation is 2. The molecule has 1 amide bonds. The van der Waals surface area contributed by atoms with Crippen LogP contribution in [0.4, 0.5) is 0 Å². The van der Waals surface area contributed by atoms with Gasteiger partial charge in [0, 0.05) is 24.0 Å². The lowest BCUT2D eigenvalue weighted by Gasteiger charge is -2.37. The molecule has 4 heteroatoms. The fourth-order valence-electron chi connectivity index (χ4n) is 3.66. The van der Waals surface area contributed by atoms with E-state index >= 15 is 0 Å². The highest BCUT2D eigenvalue weighted by molar-refractivity contribution is 7.14. The van der Waals surface area contributed by atoms with Crippen molar-refractivity contribution in [1.82, 2.24) is 4.90 Å². The summed E-state index contributed by atoms with van der Waals surface area (Å²) >= 11 is 1.73. The van der Waals surface area contributed by atoms with E-state index in [1.165, 1.54) is 29.7 Å². The average molecular weight is 306 g/mol. The lowest BCUT2D eigenvalue weighted by molar-refractivity contribution is 0.0578.